The molecule has 0 unspecified atom stereocenters. The van der Waals surface area contributed by atoms with Crippen molar-refractivity contribution in [3.05, 3.63) is 42.0 Å². The highest BCUT2D eigenvalue weighted by Crippen LogP contribution is 2.12. The fourth-order valence-corrected chi connectivity index (χ4v) is 1.04. The Hall–Kier alpha value is -1.32. The number of hydrogen-bond donors (Lipinski definition) is 2. The number of aliphatic hydroxyl groups is 1. The zero-order valence-corrected chi connectivity index (χ0v) is 8.02. The predicted molar refractivity (Wildman–Crippen MR) is 56.1 cm³/mol. The highest BCUT2D eigenvalue weighted by molar-refractivity contribution is 5.28. The molecule has 0 heterocycles. The lowest BCUT2D eigenvalue weighted by molar-refractivity contribution is 0.280. The van der Waals surface area contributed by atoms with Gasteiger partial charge in [-0.25, -0.2) is 0 Å². The Morgan fingerprint density at radius 3 is 2.93 bits per heavy atom. The first-order valence-corrected chi connectivity index (χ1v) is 4.54. The van der Waals surface area contributed by atoms with Crippen molar-refractivity contribution in [2.45, 2.75) is 6.61 Å². The van der Waals surface area contributed by atoms with Crippen molar-refractivity contribution in [1.29, 1.82) is 0 Å². The van der Waals surface area contributed by atoms with Crippen LogP contribution < -0.4 is 10.5 Å². The van der Waals surface area contributed by atoms with Gasteiger partial charge in [-0.2, -0.15) is 0 Å². The highest BCUT2D eigenvalue weighted by Gasteiger charge is 1.93. The lowest BCUT2D eigenvalue weighted by Gasteiger charge is -2.04. The molecule has 0 aliphatic rings. The van der Waals surface area contributed by atoms with Crippen LogP contribution in [-0.4, -0.2) is 18.3 Å². The zero-order chi connectivity index (χ0) is 10.2. The average Bonchev–Trinajstić information content (AvgIpc) is 2.25. The first-order chi connectivity index (χ1) is 6.86. The van der Waals surface area contributed by atoms with Crippen molar-refractivity contribution in [2.24, 2.45) is 5.73 Å². The summed E-state index contributed by atoms with van der Waals surface area (Å²) in [5, 5.41) is 8.89. The number of nitrogens with two attached hydrogens (primary N) is 1. The Kier molecular flexibility index (Phi) is 4.75. The second kappa shape index (κ2) is 6.18. The van der Waals surface area contributed by atoms with Gasteiger partial charge in [-0.05, 0) is 17.7 Å². The lowest BCUT2D eigenvalue weighted by atomic mass is 10.2. The van der Waals surface area contributed by atoms with Crippen LogP contribution in [0, 0.1) is 0 Å². The molecule has 0 radical (unpaired) electrons. The predicted octanol–water partition coefficient (Wildman–Crippen LogP) is 1.07. The summed E-state index contributed by atoms with van der Waals surface area (Å²) in [6.07, 6.45) is 3.71. The van der Waals surface area contributed by atoms with Crippen molar-refractivity contribution in [3.8, 4) is 5.75 Å². The SMILES string of the molecule is NC/C=C\COc1cccc(CO)c1. The molecule has 3 heteroatoms. The van der Waals surface area contributed by atoms with Crippen molar-refractivity contribution in [2.75, 3.05) is 13.2 Å². The molecular weight excluding hydrogens is 178 g/mol. The van der Waals surface area contributed by atoms with Gasteiger partial charge in [0, 0.05) is 6.54 Å². The number of benzene rings is 1. The van der Waals surface area contributed by atoms with Gasteiger partial charge >= 0.3 is 0 Å². The number of ether oxygens (including phenoxy) is 1. The second-order valence-corrected chi connectivity index (χ2v) is 2.82. The molecule has 14 heavy (non-hydrogen) atoms. The summed E-state index contributed by atoms with van der Waals surface area (Å²) in [5.41, 5.74) is 6.13. The van der Waals surface area contributed by atoms with Crippen LogP contribution >= 0.6 is 0 Å². The van der Waals surface area contributed by atoms with Crippen LogP contribution in [0.5, 0.6) is 5.75 Å². The van der Waals surface area contributed by atoms with Gasteiger partial charge in [0.25, 0.3) is 0 Å². The summed E-state index contributed by atoms with van der Waals surface area (Å²) < 4.78 is 5.40. The largest absolute Gasteiger partial charge is 0.490 e. The summed E-state index contributed by atoms with van der Waals surface area (Å²) >= 11 is 0. The third kappa shape index (κ3) is 3.60. The lowest BCUT2D eigenvalue weighted by Crippen LogP contribution is -1.97. The van der Waals surface area contributed by atoms with Crippen molar-refractivity contribution in [3.63, 3.8) is 0 Å². The van der Waals surface area contributed by atoms with Gasteiger partial charge in [0.05, 0.1) is 6.61 Å². The van der Waals surface area contributed by atoms with Crippen LogP contribution in [0.2, 0.25) is 0 Å². The van der Waals surface area contributed by atoms with Gasteiger partial charge in [-0.1, -0.05) is 24.3 Å². The Morgan fingerprint density at radius 2 is 2.21 bits per heavy atom. The Bertz CT molecular complexity index is 297. The first-order valence-electron chi connectivity index (χ1n) is 4.54. The molecule has 1 aromatic rings. The van der Waals surface area contributed by atoms with E-state index >= 15 is 0 Å². The van der Waals surface area contributed by atoms with Gasteiger partial charge in [0.15, 0.2) is 0 Å². The van der Waals surface area contributed by atoms with Crippen molar-refractivity contribution >= 4 is 0 Å². The minimum absolute atomic E-state index is 0.0375. The number of aliphatic hydroxyl groups excluding tert-OH is 1. The average molecular weight is 193 g/mol. The fraction of sp³-hybridized carbons (Fsp3) is 0.273. The minimum Gasteiger partial charge on any atom is -0.490 e. The summed E-state index contributed by atoms with van der Waals surface area (Å²) in [6, 6.07) is 7.38. The molecule has 3 nitrogen and oxygen atoms in total. The van der Waals surface area contributed by atoms with Gasteiger partial charge in [0.2, 0.25) is 0 Å². The molecular formula is C11H15NO2. The molecule has 0 saturated carbocycles. The number of hydrogen-bond acceptors (Lipinski definition) is 3. The summed E-state index contributed by atoms with van der Waals surface area (Å²) in [6.45, 7) is 1.07. The maximum atomic E-state index is 8.89. The standard InChI is InChI=1S/C11H15NO2/c12-6-1-2-7-14-11-5-3-4-10(8-11)9-13/h1-5,8,13H,6-7,9,12H2/b2-1-. The van der Waals surface area contributed by atoms with Gasteiger partial charge in [-0.15, -0.1) is 0 Å². The smallest absolute Gasteiger partial charge is 0.120 e. The normalized spacial score (nSPS) is 10.7. The Morgan fingerprint density at radius 1 is 1.36 bits per heavy atom. The minimum atomic E-state index is 0.0375. The van der Waals surface area contributed by atoms with Gasteiger partial charge < -0.3 is 15.6 Å². The van der Waals surface area contributed by atoms with E-state index in [4.69, 9.17) is 15.6 Å². The van der Waals surface area contributed by atoms with Crippen LogP contribution in [0.3, 0.4) is 0 Å². The van der Waals surface area contributed by atoms with E-state index < -0.39 is 0 Å². The zero-order valence-electron chi connectivity index (χ0n) is 8.02. The third-order valence-electron chi connectivity index (χ3n) is 1.73. The summed E-state index contributed by atoms with van der Waals surface area (Å²) in [5.74, 6) is 0.762. The topological polar surface area (TPSA) is 55.5 Å². The number of rotatable bonds is 5. The third-order valence-corrected chi connectivity index (χ3v) is 1.73. The molecule has 0 aromatic heterocycles. The van der Waals surface area contributed by atoms with Crippen LogP contribution in [0.4, 0.5) is 0 Å². The maximum absolute atomic E-state index is 8.89. The van der Waals surface area contributed by atoms with Crippen LogP contribution in [0.25, 0.3) is 0 Å². The van der Waals surface area contributed by atoms with E-state index in [1.54, 1.807) is 0 Å². The molecule has 0 spiro atoms. The highest BCUT2D eigenvalue weighted by atomic mass is 16.5. The molecule has 3 N–H and O–H groups in total. The van der Waals surface area contributed by atoms with Crippen LogP contribution in [-0.2, 0) is 6.61 Å². The molecule has 0 aliphatic carbocycles. The maximum Gasteiger partial charge on any atom is 0.120 e. The first kappa shape index (κ1) is 10.8. The quantitative estimate of drug-likeness (QED) is 0.688. The fourth-order valence-electron chi connectivity index (χ4n) is 1.04. The molecule has 0 saturated heterocycles. The molecule has 0 aliphatic heterocycles. The molecule has 1 rings (SSSR count). The molecule has 0 atom stereocenters. The van der Waals surface area contributed by atoms with Crippen LogP contribution in [0.15, 0.2) is 36.4 Å². The van der Waals surface area contributed by atoms with E-state index in [1.165, 1.54) is 0 Å². The van der Waals surface area contributed by atoms with Gasteiger partial charge in [-0.3, -0.25) is 0 Å². The molecule has 1 aromatic carbocycles. The van der Waals surface area contributed by atoms with Crippen LogP contribution in [0.1, 0.15) is 5.56 Å². The van der Waals surface area contributed by atoms with E-state index in [-0.39, 0.29) is 6.61 Å². The van der Waals surface area contributed by atoms with Crippen molar-refractivity contribution < 1.29 is 9.84 Å². The Labute approximate surface area is 83.8 Å². The van der Waals surface area contributed by atoms with E-state index in [9.17, 15) is 0 Å². The van der Waals surface area contributed by atoms with E-state index in [2.05, 4.69) is 0 Å². The van der Waals surface area contributed by atoms with E-state index in [0.717, 1.165) is 11.3 Å². The van der Waals surface area contributed by atoms with Crippen molar-refractivity contribution in [1.82, 2.24) is 0 Å². The monoisotopic (exact) mass is 193 g/mol. The molecule has 76 valence electrons. The summed E-state index contributed by atoms with van der Waals surface area (Å²) in [4.78, 5) is 0. The van der Waals surface area contributed by atoms with Gasteiger partial charge in [0.1, 0.15) is 12.4 Å². The molecule has 0 amide bonds. The van der Waals surface area contributed by atoms with E-state index in [1.807, 2.05) is 36.4 Å². The summed E-state index contributed by atoms with van der Waals surface area (Å²) in [7, 11) is 0. The molecule has 0 bridgehead atoms. The molecule has 0 fully saturated rings. The van der Waals surface area contributed by atoms with E-state index in [0.29, 0.717) is 13.2 Å². The Balaban J connectivity index is 2.46. The second-order valence-electron chi connectivity index (χ2n) is 2.82.